The first kappa shape index (κ1) is 15.7. The number of carbonyl (C=O) groups excluding carboxylic acids is 1. The van der Waals surface area contributed by atoms with Crippen LogP contribution in [0.5, 0.6) is 0 Å². The zero-order chi connectivity index (χ0) is 14.7. The molecule has 1 aromatic carbocycles. The molecule has 0 aliphatic rings. The molecule has 1 amide bonds. The predicted octanol–water partition coefficient (Wildman–Crippen LogP) is 4.12. The Bertz CT molecular complexity index is 627. The van der Waals surface area contributed by atoms with Crippen LogP contribution in [0.3, 0.4) is 0 Å². The standard InChI is InChI=1S/C14H17BrN2OS2/c1-8(5-6-19-2)17-14(18)13-12(16)10-7-9(15)3-4-11(10)20-13/h3-4,7-8H,5-6,16H2,1-2H3,(H,17,18). The van der Waals surface area contributed by atoms with Gasteiger partial charge in [0.1, 0.15) is 4.88 Å². The number of nitrogens with one attached hydrogen (secondary N) is 1. The summed E-state index contributed by atoms with van der Waals surface area (Å²) in [6, 6.07) is 6.05. The minimum atomic E-state index is -0.0755. The molecule has 108 valence electrons. The van der Waals surface area contributed by atoms with Crippen LogP contribution in [-0.2, 0) is 0 Å². The average molecular weight is 373 g/mol. The summed E-state index contributed by atoms with van der Waals surface area (Å²) < 4.78 is 2.00. The summed E-state index contributed by atoms with van der Waals surface area (Å²) in [5.41, 5.74) is 6.68. The largest absolute Gasteiger partial charge is 0.397 e. The summed E-state index contributed by atoms with van der Waals surface area (Å²) in [6.07, 6.45) is 3.03. The van der Waals surface area contributed by atoms with E-state index in [0.717, 1.165) is 26.7 Å². The fraction of sp³-hybridized carbons (Fsp3) is 0.357. The number of benzene rings is 1. The van der Waals surface area contributed by atoms with E-state index in [9.17, 15) is 4.79 Å². The molecular weight excluding hydrogens is 356 g/mol. The van der Waals surface area contributed by atoms with Crippen molar-refractivity contribution < 1.29 is 4.79 Å². The molecule has 1 unspecified atom stereocenters. The van der Waals surface area contributed by atoms with E-state index in [1.54, 1.807) is 11.8 Å². The Morgan fingerprint density at radius 1 is 1.55 bits per heavy atom. The second kappa shape index (κ2) is 6.83. The topological polar surface area (TPSA) is 55.1 Å². The molecule has 2 rings (SSSR count). The molecule has 3 N–H and O–H groups in total. The summed E-state index contributed by atoms with van der Waals surface area (Å²) in [5.74, 6) is 0.962. The molecule has 0 radical (unpaired) electrons. The monoisotopic (exact) mass is 372 g/mol. The number of fused-ring (bicyclic) bond motifs is 1. The molecule has 0 saturated carbocycles. The zero-order valence-corrected chi connectivity index (χ0v) is 14.6. The van der Waals surface area contributed by atoms with Gasteiger partial charge in [0.05, 0.1) is 5.69 Å². The third-order valence-electron chi connectivity index (χ3n) is 3.03. The van der Waals surface area contributed by atoms with E-state index in [1.807, 2.05) is 25.1 Å². The lowest BCUT2D eigenvalue weighted by Crippen LogP contribution is -2.32. The molecule has 1 aromatic heterocycles. The van der Waals surface area contributed by atoms with Gasteiger partial charge in [-0.05, 0) is 43.6 Å². The Morgan fingerprint density at radius 3 is 3.00 bits per heavy atom. The molecule has 0 fully saturated rings. The third kappa shape index (κ3) is 3.48. The molecule has 2 aromatic rings. The average Bonchev–Trinajstić information content (AvgIpc) is 2.74. The van der Waals surface area contributed by atoms with Gasteiger partial charge in [0.2, 0.25) is 0 Å². The minimum Gasteiger partial charge on any atom is -0.397 e. The number of thiophene rings is 1. The summed E-state index contributed by atoms with van der Waals surface area (Å²) in [6.45, 7) is 2.02. The fourth-order valence-corrected chi connectivity index (χ4v) is 3.87. The maximum Gasteiger partial charge on any atom is 0.263 e. The van der Waals surface area contributed by atoms with Crippen LogP contribution in [0.2, 0.25) is 0 Å². The van der Waals surface area contributed by atoms with Crippen molar-refractivity contribution in [2.75, 3.05) is 17.7 Å². The Labute approximate surface area is 135 Å². The molecule has 0 saturated heterocycles. The van der Waals surface area contributed by atoms with Crippen molar-refractivity contribution in [1.29, 1.82) is 0 Å². The highest BCUT2D eigenvalue weighted by Crippen LogP contribution is 2.35. The normalized spacial score (nSPS) is 12.6. The van der Waals surface area contributed by atoms with Gasteiger partial charge in [-0.15, -0.1) is 11.3 Å². The van der Waals surface area contributed by atoms with Crippen molar-refractivity contribution in [1.82, 2.24) is 5.32 Å². The third-order valence-corrected chi connectivity index (χ3v) is 5.35. The van der Waals surface area contributed by atoms with Gasteiger partial charge in [0.25, 0.3) is 5.91 Å². The molecule has 0 spiro atoms. The van der Waals surface area contributed by atoms with Crippen LogP contribution in [-0.4, -0.2) is 24.0 Å². The van der Waals surface area contributed by atoms with E-state index < -0.39 is 0 Å². The van der Waals surface area contributed by atoms with E-state index in [-0.39, 0.29) is 11.9 Å². The van der Waals surface area contributed by atoms with Crippen LogP contribution in [0.1, 0.15) is 23.0 Å². The lowest BCUT2D eigenvalue weighted by molar-refractivity contribution is 0.0944. The van der Waals surface area contributed by atoms with E-state index in [2.05, 4.69) is 27.5 Å². The van der Waals surface area contributed by atoms with Crippen molar-refractivity contribution in [3.05, 3.63) is 27.5 Å². The van der Waals surface area contributed by atoms with Gasteiger partial charge in [-0.2, -0.15) is 11.8 Å². The van der Waals surface area contributed by atoms with Gasteiger partial charge in [-0.1, -0.05) is 15.9 Å². The number of carbonyl (C=O) groups is 1. The molecule has 1 atom stereocenters. The van der Waals surface area contributed by atoms with Gasteiger partial charge in [0, 0.05) is 20.6 Å². The van der Waals surface area contributed by atoms with E-state index >= 15 is 0 Å². The van der Waals surface area contributed by atoms with Gasteiger partial charge < -0.3 is 11.1 Å². The Morgan fingerprint density at radius 2 is 2.30 bits per heavy atom. The summed E-state index contributed by atoms with van der Waals surface area (Å²) in [7, 11) is 0. The second-order valence-corrected chi connectivity index (χ2v) is 7.59. The van der Waals surface area contributed by atoms with Crippen molar-refractivity contribution >= 4 is 60.7 Å². The fourth-order valence-electron chi connectivity index (χ4n) is 1.91. The number of hydrogen-bond acceptors (Lipinski definition) is 4. The maximum absolute atomic E-state index is 12.3. The zero-order valence-electron chi connectivity index (χ0n) is 11.4. The molecule has 0 bridgehead atoms. The lowest BCUT2D eigenvalue weighted by Gasteiger charge is -2.12. The summed E-state index contributed by atoms with van der Waals surface area (Å²) >= 11 is 6.65. The second-order valence-electron chi connectivity index (χ2n) is 4.64. The van der Waals surface area contributed by atoms with Crippen molar-refractivity contribution in [2.45, 2.75) is 19.4 Å². The number of nitrogens with two attached hydrogens (primary N) is 1. The van der Waals surface area contributed by atoms with Crippen LogP contribution in [0.15, 0.2) is 22.7 Å². The molecule has 3 nitrogen and oxygen atoms in total. The Kier molecular flexibility index (Phi) is 5.35. The first-order valence-corrected chi connectivity index (χ1v) is 9.30. The highest BCUT2D eigenvalue weighted by Gasteiger charge is 2.17. The van der Waals surface area contributed by atoms with Gasteiger partial charge >= 0.3 is 0 Å². The van der Waals surface area contributed by atoms with E-state index in [0.29, 0.717) is 10.6 Å². The number of anilines is 1. The van der Waals surface area contributed by atoms with Crippen LogP contribution in [0.25, 0.3) is 10.1 Å². The van der Waals surface area contributed by atoms with Crippen molar-refractivity contribution in [2.24, 2.45) is 0 Å². The number of halogens is 1. The first-order valence-electron chi connectivity index (χ1n) is 6.30. The van der Waals surface area contributed by atoms with Gasteiger partial charge in [-0.3, -0.25) is 4.79 Å². The summed E-state index contributed by atoms with van der Waals surface area (Å²) in [5, 5.41) is 3.95. The van der Waals surface area contributed by atoms with Crippen molar-refractivity contribution in [3.63, 3.8) is 0 Å². The maximum atomic E-state index is 12.3. The summed E-state index contributed by atoms with van der Waals surface area (Å²) in [4.78, 5) is 12.9. The first-order chi connectivity index (χ1) is 9.52. The SMILES string of the molecule is CSCCC(C)NC(=O)c1sc2ccc(Br)cc2c1N. The highest BCUT2D eigenvalue weighted by molar-refractivity contribution is 9.10. The Hall–Kier alpha value is -0.720. The van der Waals surface area contributed by atoms with E-state index in [1.165, 1.54) is 11.3 Å². The van der Waals surface area contributed by atoms with Crippen LogP contribution in [0, 0.1) is 0 Å². The number of hydrogen-bond donors (Lipinski definition) is 2. The number of thioether (sulfide) groups is 1. The quantitative estimate of drug-likeness (QED) is 0.829. The van der Waals surface area contributed by atoms with E-state index in [4.69, 9.17) is 5.73 Å². The molecule has 0 aliphatic heterocycles. The van der Waals surface area contributed by atoms with Gasteiger partial charge in [0.15, 0.2) is 0 Å². The molecule has 20 heavy (non-hydrogen) atoms. The van der Waals surface area contributed by atoms with Crippen molar-refractivity contribution in [3.8, 4) is 0 Å². The van der Waals surface area contributed by atoms with Crippen LogP contribution >= 0.6 is 39.0 Å². The lowest BCUT2D eigenvalue weighted by atomic mass is 10.2. The Balaban J connectivity index is 2.20. The van der Waals surface area contributed by atoms with Crippen LogP contribution < -0.4 is 11.1 Å². The molecule has 1 heterocycles. The predicted molar refractivity (Wildman–Crippen MR) is 93.9 cm³/mol. The minimum absolute atomic E-state index is 0.0755. The van der Waals surface area contributed by atoms with Crippen LogP contribution in [0.4, 0.5) is 5.69 Å². The molecule has 0 aliphatic carbocycles. The van der Waals surface area contributed by atoms with Gasteiger partial charge in [-0.25, -0.2) is 0 Å². The number of rotatable bonds is 5. The molecular formula is C14H17BrN2OS2. The number of amides is 1. The number of nitrogen functional groups attached to an aromatic ring is 1. The smallest absolute Gasteiger partial charge is 0.263 e. The highest BCUT2D eigenvalue weighted by atomic mass is 79.9. The molecule has 6 heteroatoms.